The average molecular weight is 807 g/mol. The number of carbonyl (C=O) groups is 4. The lowest BCUT2D eigenvalue weighted by molar-refractivity contribution is -0.187. The number of hydrogen-bond acceptors (Lipinski definition) is 6. The molecule has 0 amide bonds. The number of hydrogen-bond donors (Lipinski definition) is 2. The fourth-order valence-electron chi connectivity index (χ4n) is 6.39. The summed E-state index contributed by atoms with van der Waals surface area (Å²) in [7, 11) is 0. The Morgan fingerprint density at radius 1 is 0.362 bits per heavy atom. The third kappa shape index (κ3) is 37.7. The van der Waals surface area contributed by atoms with Gasteiger partial charge < -0.3 is 19.7 Å². The van der Waals surface area contributed by atoms with Crippen molar-refractivity contribution in [2.24, 2.45) is 0 Å². The molecule has 0 aliphatic rings. The minimum atomic E-state index is -2.12. The fraction of sp³-hybridized carbons (Fsp3) is 0.760. The third-order valence-corrected chi connectivity index (χ3v) is 9.93. The summed E-state index contributed by atoms with van der Waals surface area (Å²) in [5.41, 5.74) is 0. The summed E-state index contributed by atoms with van der Waals surface area (Å²) in [6, 6.07) is 0. The number of aliphatic carboxylic acids is 2. The van der Waals surface area contributed by atoms with Crippen LogP contribution in [-0.2, 0) is 28.7 Å². The van der Waals surface area contributed by atoms with Gasteiger partial charge in [-0.1, -0.05) is 179 Å². The van der Waals surface area contributed by atoms with Crippen molar-refractivity contribution < 1.29 is 38.9 Å². The summed E-state index contributed by atoms with van der Waals surface area (Å²) in [5, 5.41) is 19.2. The lowest BCUT2D eigenvalue weighted by atomic mass is 10.1. The Labute approximate surface area is 353 Å². The van der Waals surface area contributed by atoms with Crippen LogP contribution in [0, 0.1) is 47.4 Å². The van der Waals surface area contributed by atoms with E-state index in [1.54, 1.807) is 0 Å². The molecule has 0 aliphatic heterocycles. The second kappa shape index (κ2) is 42.7. The molecule has 0 aromatic carbocycles. The highest BCUT2D eigenvalue weighted by atomic mass is 16.6. The Kier molecular flexibility index (Phi) is 39.9. The van der Waals surface area contributed by atoms with Crippen LogP contribution < -0.4 is 0 Å². The SMILES string of the molecule is CCCCCCCCCCC#CC#CCCCCCCCCC(=O)OC(C(=O)O)C(OC(=O)CCCCCCCCC#CC#CCCCCCCCCCC)C(=O)O. The molecule has 8 nitrogen and oxygen atoms in total. The summed E-state index contributed by atoms with van der Waals surface area (Å²) in [4.78, 5) is 48.4. The summed E-state index contributed by atoms with van der Waals surface area (Å²) in [5.74, 6) is 19.3. The highest BCUT2D eigenvalue weighted by Gasteiger charge is 2.40. The molecule has 0 saturated carbocycles. The van der Waals surface area contributed by atoms with Crippen LogP contribution in [0.5, 0.6) is 0 Å². The van der Waals surface area contributed by atoms with Gasteiger partial charge in [0, 0.05) is 38.5 Å². The third-order valence-electron chi connectivity index (χ3n) is 9.93. The zero-order valence-electron chi connectivity index (χ0n) is 36.5. The van der Waals surface area contributed by atoms with Crippen molar-refractivity contribution in [2.75, 3.05) is 0 Å². The molecule has 0 aliphatic carbocycles. The molecule has 0 saturated heterocycles. The maximum Gasteiger partial charge on any atom is 0.349 e. The molecule has 0 heterocycles. The van der Waals surface area contributed by atoms with Crippen LogP contribution in [0.25, 0.3) is 0 Å². The monoisotopic (exact) mass is 807 g/mol. The van der Waals surface area contributed by atoms with Crippen molar-refractivity contribution in [1.82, 2.24) is 0 Å². The van der Waals surface area contributed by atoms with Crippen molar-refractivity contribution in [3.05, 3.63) is 0 Å². The Morgan fingerprint density at radius 3 is 0.828 bits per heavy atom. The molecule has 2 N–H and O–H groups in total. The molecule has 0 fully saturated rings. The Hall–Kier alpha value is -3.88. The van der Waals surface area contributed by atoms with Crippen LogP contribution in [0.15, 0.2) is 0 Å². The van der Waals surface area contributed by atoms with Gasteiger partial charge >= 0.3 is 23.9 Å². The second-order valence-corrected chi connectivity index (χ2v) is 15.4. The standard InChI is InChI=1S/C50H78O8/c1-3-5-7-9-11-13-15-17-19-21-23-25-27-29-31-33-35-37-39-41-43-45(51)57-47(49(53)54)48(50(55)56)58-46(52)44-42-40-38-36-34-32-30-28-26-24-22-20-18-16-14-12-10-8-6-4-2/h47-48H,3-20,29-44H2,1-2H3,(H,53,54)(H,55,56). The summed E-state index contributed by atoms with van der Waals surface area (Å²) < 4.78 is 9.97. The number of carbonyl (C=O) groups excluding carboxylic acids is 2. The lowest BCUT2D eigenvalue weighted by Gasteiger charge is -2.21. The molecule has 0 bridgehead atoms. The smallest absolute Gasteiger partial charge is 0.349 e. The largest absolute Gasteiger partial charge is 0.478 e. The number of ether oxygens (including phenoxy) is 2. The van der Waals surface area contributed by atoms with Gasteiger partial charge in [0.05, 0.1) is 0 Å². The van der Waals surface area contributed by atoms with Gasteiger partial charge in [0.2, 0.25) is 12.2 Å². The Bertz CT molecular complexity index is 1220. The van der Waals surface area contributed by atoms with Crippen molar-refractivity contribution in [3.63, 3.8) is 0 Å². The molecule has 2 unspecified atom stereocenters. The Morgan fingerprint density at radius 2 is 0.586 bits per heavy atom. The highest BCUT2D eigenvalue weighted by molar-refractivity contribution is 5.87. The van der Waals surface area contributed by atoms with E-state index in [-0.39, 0.29) is 12.8 Å². The van der Waals surface area contributed by atoms with Gasteiger partial charge in [0.25, 0.3) is 0 Å². The molecule has 0 rings (SSSR count). The maximum absolute atomic E-state index is 12.4. The molecule has 58 heavy (non-hydrogen) atoms. The fourth-order valence-corrected chi connectivity index (χ4v) is 6.39. The van der Waals surface area contributed by atoms with E-state index in [9.17, 15) is 29.4 Å². The summed E-state index contributed by atoms with van der Waals surface area (Å²) in [6.45, 7) is 4.48. The first kappa shape index (κ1) is 54.1. The first-order valence-electron chi connectivity index (χ1n) is 23.1. The molecule has 0 radical (unpaired) electrons. The van der Waals surface area contributed by atoms with Crippen LogP contribution in [0.1, 0.15) is 232 Å². The van der Waals surface area contributed by atoms with Crippen LogP contribution in [0.3, 0.4) is 0 Å². The van der Waals surface area contributed by atoms with E-state index in [0.29, 0.717) is 12.8 Å². The number of unbranched alkanes of at least 4 members (excludes halogenated alkanes) is 28. The first-order chi connectivity index (χ1) is 28.3. The van der Waals surface area contributed by atoms with Crippen molar-refractivity contribution in [3.8, 4) is 47.4 Å². The number of rotatable bonds is 37. The quantitative estimate of drug-likeness (QED) is 0.0361. The van der Waals surface area contributed by atoms with E-state index in [4.69, 9.17) is 9.47 Å². The molecular formula is C50H78O8. The number of carboxylic acids is 2. The van der Waals surface area contributed by atoms with Crippen LogP contribution in [0.2, 0.25) is 0 Å². The minimum absolute atomic E-state index is 0.0484. The maximum atomic E-state index is 12.4. The second-order valence-electron chi connectivity index (χ2n) is 15.4. The van der Waals surface area contributed by atoms with E-state index in [0.717, 1.165) is 103 Å². The van der Waals surface area contributed by atoms with E-state index in [2.05, 4.69) is 61.2 Å². The van der Waals surface area contributed by atoms with Crippen LogP contribution in [0.4, 0.5) is 0 Å². The van der Waals surface area contributed by atoms with E-state index < -0.39 is 36.1 Å². The van der Waals surface area contributed by atoms with Gasteiger partial charge in [0.15, 0.2) is 0 Å². The average Bonchev–Trinajstić information content (AvgIpc) is 3.20. The lowest BCUT2D eigenvalue weighted by Crippen LogP contribution is -2.45. The van der Waals surface area contributed by atoms with Gasteiger partial charge in [-0.3, -0.25) is 9.59 Å². The first-order valence-corrected chi connectivity index (χ1v) is 23.1. The minimum Gasteiger partial charge on any atom is -0.478 e. The zero-order chi connectivity index (χ0) is 42.6. The normalized spacial score (nSPS) is 11.3. The predicted octanol–water partition coefficient (Wildman–Crippen LogP) is 12.3. The highest BCUT2D eigenvalue weighted by Crippen LogP contribution is 2.15. The number of esters is 2. The molecule has 0 spiro atoms. The van der Waals surface area contributed by atoms with Gasteiger partial charge in [-0.15, -0.1) is 0 Å². The van der Waals surface area contributed by atoms with Crippen molar-refractivity contribution >= 4 is 23.9 Å². The van der Waals surface area contributed by atoms with E-state index >= 15 is 0 Å². The van der Waals surface area contributed by atoms with E-state index in [1.165, 1.54) is 89.9 Å². The molecular weight excluding hydrogens is 729 g/mol. The summed E-state index contributed by atoms with van der Waals surface area (Å²) >= 11 is 0. The molecule has 326 valence electrons. The van der Waals surface area contributed by atoms with Crippen molar-refractivity contribution in [2.45, 2.75) is 244 Å². The van der Waals surface area contributed by atoms with Crippen LogP contribution in [-0.4, -0.2) is 46.3 Å². The Balaban J connectivity index is 4.05. The van der Waals surface area contributed by atoms with Gasteiger partial charge in [0.1, 0.15) is 0 Å². The predicted molar refractivity (Wildman–Crippen MR) is 234 cm³/mol. The molecule has 0 aromatic rings. The van der Waals surface area contributed by atoms with E-state index in [1.807, 2.05) is 0 Å². The number of carboxylic acid groups (broad SMARTS) is 2. The topological polar surface area (TPSA) is 127 Å². The van der Waals surface area contributed by atoms with Crippen molar-refractivity contribution in [1.29, 1.82) is 0 Å². The van der Waals surface area contributed by atoms with Gasteiger partial charge in [-0.2, -0.15) is 0 Å². The van der Waals surface area contributed by atoms with Gasteiger partial charge in [-0.05, 0) is 62.2 Å². The molecule has 8 heteroatoms. The summed E-state index contributed by atoms with van der Waals surface area (Å²) in [6.07, 6.45) is 30.1. The molecule has 0 aromatic heterocycles. The molecule has 2 atom stereocenters. The van der Waals surface area contributed by atoms with Crippen LogP contribution >= 0.6 is 0 Å². The zero-order valence-corrected chi connectivity index (χ0v) is 36.5. The van der Waals surface area contributed by atoms with Gasteiger partial charge in [-0.25, -0.2) is 9.59 Å².